The second-order valence-corrected chi connectivity index (χ2v) is 12.2. The number of phenols is 1. The number of H-pyrrole nitrogens is 1. The highest BCUT2D eigenvalue weighted by Gasteiger charge is 2.22. The lowest BCUT2D eigenvalue weighted by molar-refractivity contribution is 0.101. The summed E-state index contributed by atoms with van der Waals surface area (Å²) >= 11 is 0. The van der Waals surface area contributed by atoms with Crippen LogP contribution in [0.3, 0.4) is 0 Å². The molecule has 0 spiro atoms. The topological polar surface area (TPSA) is 140 Å². The first kappa shape index (κ1) is 28.5. The number of nitrogens with one attached hydrogen (secondary N) is 3. The molecule has 5 aromatic rings. The summed E-state index contributed by atoms with van der Waals surface area (Å²) in [6.45, 7) is 10.5. The molecule has 2 amide bonds. The Morgan fingerprint density at radius 3 is 2.65 bits per heavy atom. The van der Waals surface area contributed by atoms with E-state index in [1.165, 1.54) is 0 Å². The Bertz CT molecular complexity index is 1810. The first-order chi connectivity index (χ1) is 20.5. The third-order valence-corrected chi connectivity index (χ3v) is 7.82. The highest BCUT2D eigenvalue weighted by molar-refractivity contribution is 6.10. The summed E-state index contributed by atoms with van der Waals surface area (Å²) in [5, 5.41) is 21.6. The maximum atomic E-state index is 13.5. The molecular weight excluding hydrogens is 548 g/mol. The molecule has 43 heavy (non-hydrogen) atoms. The fraction of sp³-hybridized carbons (Fsp3) is 0.344. The van der Waals surface area contributed by atoms with E-state index in [4.69, 9.17) is 8.94 Å². The van der Waals surface area contributed by atoms with E-state index in [1.54, 1.807) is 48.5 Å². The number of aromatic amines is 1. The predicted octanol–water partition coefficient (Wildman–Crippen LogP) is 5.92. The van der Waals surface area contributed by atoms with Crippen LogP contribution in [0.25, 0.3) is 21.9 Å². The summed E-state index contributed by atoms with van der Waals surface area (Å²) in [6, 6.07) is 13.3. The van der Waals surface area contributed by atoms with Crippen LogP contribution in [0.15, 0.2) is 57.5 Å². The van der Waals surface area contributed by atoms with E-state index in [1.807, 2.05) is 20.8 Å². The number of likely N-dealkylation sites (N-methyl/N-ethyl adjacent to an activating group) is 1. The summed E-state index contributed by atoms with van der Waals surface area (Å²) in [4.78, 5) is 33.9. The van der Waals surface area contributed by atoms with Crippen LogP contribution < -0.4 is 10.6 Å². The van der Waals surface area contributed by atoms with Gasteiger partial charge in [0.25, 0.3) is 0 Å². The van der Waals surface area contributed by atoms with Gasteiger partial charge in [-0.3, -0.25) is 15.0 Å². The molecule has 11 nitrogen and oxygen atoms in total. The number of urea groups is 1. The number of carbonyl (C=O) groups excluding carboxylic acids is 2. The Balaban J connectivity index is 1.18. The number of ketones is 1. The number of rotatable bonds is 6. The van der Waals surface area contributed by atoms with Crippen molar-refractivity contribution in [1.82, 2.24) is 19.9 Å². The predicted molar refractivity (Wildman–Crippen MR) is 165 cm³/mol. The maximum absolute atomic E-state index is 13.5. The van der Waals surface area contributed by atoms with Crippen molar-refractivity contribution >= 4 is 45.2 Å². The Morgan fingerprint density at radius 1 is 1.02 bits per heavy atom. The van der Waals surface area contributed by atoms with Crippen LogP contribution in [0, 0.1) is 0 Å². The number of benzene rings is 2. The number of amides is 2. The highest BCUT2D eigenvalue weighted by Crippen LogP contribution is 2.31. The lowest BCUT2D eigenvalue weighted by Crippen LogP contribution is -2.28. The van der Waals surface area contributed by atoms with Gasteiger partial charge in [0.2, 0.25) is 5.78 Å². The minimum atomic E-state index is -0.475. The Morgan fingerprint density at radius 2 is 1.86 bits per heavy atom. The van der Waals surface area contributed by atoms with E-state index in [0.717, 1.165) is 49.1 Å². The normalized spacial score (nSPS) is 15.2. The van der Waals surface area contributed by atoms with E-state index in [0.29, 0.717) is 40.5 Å². The average Bonchev–Trinajstić information content (AvgIpc) is 3.67. The second kappa shape index (κ2) is 11.2. The molecule has 0 saturated carbocycles. The Kier molecular flexibility index (Phi) is 7.45. The van der Waals surface area contributed by atoms with Crippen LogP contribution in [0.1, 0.15) is 54.8 Å². The molecular formula is C32H36N6O5. The van der Waals surface area contributed by atoms with E-state index < -0.39 is 6.03 Å². The number of fused-ring (bicyclic) bond motifs is 2. The van der Waals surface area contributed by atoms with Gasteiger partial charge in [0.15, 0.2) is 11.6 Å². The van der Waals surface area contributed by atoms with Gasteiger partial charge in [0, 0.05) is 58.7 Å². The summed E-state index contributed by atoms with van der Waals surface area (Å²) in [7, 11) is 2.13. The zero-order valence-corrected chi connectivity index (χ0v) is 24.8. The molecule has 224 valence electrons. The largest absolute Gasteiger partial charge is 0.508 e. The number of hydrogen-bond acceptors (Lipinski definition) is 8. The standard InChI is InChI=1S/C32H36N6O5/c1-32(2,3)28-17-29(36-43-28)35-31(41)33-20-6-9-26-19(14-20)15-27(42-26)30(40)24-16-21-22(25(39)8-7-23(21)34-24)18-38-11-5-10-37(4)12-13-38/h6-9,14-17,34,39H,5,10-13,18H2,1-4H3,(H2,33,35,36,41). The van der Waals surface area contributed by atoms with Crippen LogP contribution in [-0.4, -0.2) is 70.1 Å². The van der Waals surface area contributed by atoms with Crippen molar-refractivity contribution in [1.29, 1.82) is 0 Å². The van der Waals surface area contributed by atoms with Crippen LogP contribution in [-0.2, 0) is 12.0 Å². The molecule has 3 aromatic heterocycles. The van der Waals surface area contributed by atoms with Crippen molar-refractivity contribution in [2.75, 3.05) is 43.9 Å². The number of anilines is 2. The molecule has 0 atom stereocenters. The van der Waals surface area contributed by atoms with Crippen molar-refractivity contribution in [2.24, 2.45) is 0 Å². The third kappa shape index (κ3) is 6.13. The number of carbonyl (C=O) groups is 2. The number of furan rings is 1. The number of aromatic nitrogens is 2. The number of aromatic hydroxyl groups is 1. The number of nitrogens with zero attached hydrogens (tertiary/aromatic N) is 3. The monoisotopic (exact) mass is 584 g/mol. The van der Waals surface area contributed by atoms with Crippen LogP contribution in [0.2, 0.25) is 0 Å². The van der Waals surface area contributed by atoms with Gasteiger partial charge in [-0.15, -0.1) is 0 Å². The molecule has 0 aliphatic carbocycles. The van der Waals surface area contributed by atoms with Crippen molar-refractivity contribution in [3.05, 3.63) is 71.3 Å². The first-order valence-corrected chi connectivity index (χ1v) is 14.4. The summed E-state index contributed by atoms with van der Waals surface area (Å²) < 4.78 is 11.2. The zero-order chi connectivity index (χ0) is 30.3. The van der Waals surface area contributed by atoms with Gasteiger partial charge < -0.3 is 29.2 Å². The van der Waals surface area contributed by atoms with Crippen molar-refractivity contribution in [2.45, 2.75) is 39.2 Å². The van der Waals surface area contributed by atoms with E-state index in [9.17, 15) is 14.7 Å². The lowest BCUT2D eigenvalue weighted by atomic mass is 9.93. The molecule has 2 aromatic carbocycles. The lowest BCUT2D eigenvalue weighted by Gasteiger charge is -2.21. The second-order valence-electron chi connectivity index (χ2n) is 12.2. The van der Waals surface area contributed by atoms with Crippen molar-refractivity contribution < 1.29 is 23.6 Å². The molecule has 4 N–H and O–H groups in total. The minimum Gasteiger partial charge on any atom is -0.508 e. The molecule has 1 fully saturated rings. The van der Waals surface area contributed by atoms with E-state index in [2.05, 4.69) is 37.6 Å². The van der Waals surface area contributed by atoms with Gasteiger partial charge in [-0.25, -0.2) is 4.79 Å². The van der Waals surface area contributed by atoms with Crippen molar-refractivity contribution in [3.8, 4) is 5.75 Å². The molecule has 0 radical (unpaired) electrons. The van der Waals surface area contributed by atoms with Gasteiger partial charge in [-0.05, 0) is 69.0 Å². The van der Waals surface area contributed by atoms with Gasteiger partial charge in [0.1, 0.15) is 17.1 Å². The summed E-state index contributed by atoms with van der Waals surface area (Å²) in [5.74, 6) is 1.06. The fourth-order valence-electron chi connectivity index (χ4n) is 5.35. The average molecular weight is 585 g/mol. The quantitative estimate of drug-likeness (QED) is 0.180. The van der Waals surface area contributed by atoms with Gasteiger partial charge in [0.05, 0.1) is 5.69 Å². The van der Waals surface area contributed by atoms with Crippen LogP contribution in [0.5, 0.6) is 5.75 Å². The molecule has 1 aliphatic heterocycles. The molecule has 11 heteroatoms. The summed E-state index contributed by atoms with van der Waals surface area (Å²) in [6.07, 6.45) is 1.07. The van der Waals surface area contributed by atoms with Gasteiger partial charge >= 0.3 is 6.03 Å². The fourth-order valence-corrected chi connectivity index (χ4v) is 5.35. The van der Waals surface area contributed by atoms with E-state index in [-0.39, 0.29) is 22.7 Å². The van der Waals surface area contributed by atoms with Crippen molar-refractivity contribution in [3.63, 3.8) is 0 Å². The Labute approximate surface area is 248 Å². The minimum absolute atomic E-state index is 0.168. The van der Waals surface area contributed by atoms with Gasteiger partial charge in [-0.2, -0.15) is 0 Å². The SMILES string of the molecule is CN1CCCN(Cc2c(O)ccc3[nH]c(C(=O)c4cc5cc(NC(=O)Nc6cc(C(C)(C)C)on6)ccc5o4)cc23)CC1. The Hall–Kier alpha value is -4.61. The molecule has 0 bridgehead atoms. The van der Waals surface area contributed by atoms with Crippen LogP contribution >= 0.6 is 0 Å². The molecule has 1 saturated heterocycles. The highest BCUT2D eigenvalue weighted by atomic mass is 16.5. The zero-order valence-electron chi connectivity index (χ0n) is 24.8. The smallest absolute Gasteiger partial charge is 0.324 e. The summed E-state index contributed by atoms with van der Waals surface area (Å²) in [5.41, 5.74) is 2.76. The van der Waals surface area contributed by atoms with E-state index >= 15 is 0 Å². The third-order valence-electron chi connectivity index (χ3n) is 7.82. The van der Waals surface area contributed by atoms with Crippen LogP contribution in [0.4, 0.5) is 16.3 Å². The molecule has 4 heterocycles. The first-order valence-electron chi connectivity index (χ1n) is 14.4. The molecule has 1 aliphatic rings. The molecule has 0 unspecified atom stereocenters. The number of phenolic OH excluding ortho intramolecular Hbond substituents is 1. The van der Waals surface area contributed by atoms with Gasteiger partial charge in [-0.1, -0.05) is 25.9 Å². The maximum Gasteiger partial charge on any atom is 0.324 e. The number of hydrogen-bond donors (Lipinski definition) is 4. The molecule has 6 rings (SSSR count).